The second-order valence-corrected chi connectivity index (χ2v) is 5.86. The van der Waals surface area contributed by atoms with Gasteiger partial charge in [0.05, 0.1) is 6.54 Å². The Balaban J connectivity index is 1.93. The van der Waals surface area contributed by atoms with Crippen LogP contribution >= 0.6 is 34.2 Å². The van der Waals surface area contributed by atoms with Crippen LogP contribution in [0.5, 0.6) is 0 Å². The number of hydrogen-bond acceptors (Lipinski definition) is 1. The number of guanidine groups is 1. The predicted octanol–water partition coefficient (Wildman–Crippen LogP) is 2.90. The lowest BCUT2D eigenvalue weighted by Gasteiger charge is -2.26. The third-order valence-corrected chi connectivity index (χ3v) is 3.91. The second kappa shape index (κ2) is 5.91. The first-order valence-corrected chi connectivity index (χ1v) is 7.11. The highest BCUT2D eigenvalue weighted by Crippen LogP contribution is 2.20. The highest BCUT2D eigenvalue weighted by molar-refractivity contribution is 14.1. The van der Waals surface area contributed by atoms with Crippen LogP contribution in [0.4, 0.5) is 0 Å². The van der Waals surface area contributed by atoms with Crippen molar-refractivity contribution in [2.24, 2.45) is 10.7 Å². The molecule has 2 rings (SSSR count). The molecule has 0 aromatic heterocycles. The molecular weight excluding hydrogens is 349 g/mol. The molecule has 0 spiro atoms. The van der Waals surface area contributed by atoms with Gasteiger partial charge in [0.1, 0.15) is 0 Å². The van der Waals surface area contributed by atoms with Crippen LogP contribution in [0.1, 0.15) is 24.8 Å². The van der Waals surface area contributed by atoms with E-state index in [1.54, 1.807) is 0 Å². The molecule has 3 N–H and O–H groups in total. The zero-order valence-electron chi connectivity index (χ0n) is 9.42. The monoisotopic (exact) mass is 363 g/mol. The van der Waals surface area contributed by atoms with E-state index >= 15 is 0 Å². The van der Waals surface area contributed by atoms with Crippen molar-refractivity contribution >= 4 is 40.2 Å². The average Bonchev–Trinajstić information content (AvgIpc) is 2.22. The number of nitrogens with one attached hydrogen (secondary N) is 1. The first-order chi connectivity index (χ1) is 8.15. The fourth-order valence-corrected chi connectivity index (χ4v) is 2.54. The van der Waals surface area contributed by atoms with Crippen LogP contribution in [0.15, 0.2) is 23.2 Å². The summed E-state index contributed by atoms with van der Waals surface area (Å²) in [4.78, 5) is 4.30. The van der Waals surface area contributed by atoms with Crippen LogP contribution in [-0.4, -0.2) is 12.0 Å². The quantitative estimate of drug-likeness (QED) is 0.493. The fraction of sp³-hybridized carbons (Fsp3) is 0.417. The number of halogens is 2. The van der Waals surface area contributed by atoms with E-state index in [-0.39, 0.29) is 0 Å². The molecule has 1 aliphatic carbocycles. The maximum Gasteiger partial charge on any atom is 0.189 e. The van der Waals surface area contributed by atoms with E-state index in [0.29, 0.717) is 18.5 Å². The van der Waals surface area contributed by atoms with Gasteiger partial charge in [-0.05, 0) is 59.5 Å². The second-order valence-electron chi connectivity index (χ2n) is 4.21. The van der Waals surface area contributed by atoms with Gasteiger partial charge in [0.15, 0.2) is 5.96 Å². The standard InChI is InChI=1S/C12H15ClIN3/c13-11-6-9(14)5-4-8(11)7-16-12(15)17-10-2-1-3-10/h4-6,10H,1-3,7H2,(H3,15,16,17). The SMILES string of the molecule is NC(=NCc1ccc(I)cc1Cl)NC1CCC1. The maximum atomic E-state index is 6.12. The van der Waals surface area contributed by atoms with E-state index in [1.165, 1.54) is 19.3 Å². The zero-order chi connectivity index (χ0) is 12.3. The van der Waals surface area contributed by atoms with Crippen LogP contribution in [0, 0.1) is 3.57 Å². The summed E-state index contributed by atoms with van der Waals surface area (Å²) in [6.45, 7) is 0.529. The number of nitrogens with zero attached hydrogens (tertiary/aromatic N) is 1. The molecule has 3 nitrogen and oxygen atoms in total. The average molecular weight is 364 g/mol. The highest BCUT2D eigenvalue weighted by atomic mass is 127. The van der Waals surface area contributed by atoms with Gasteiger partial charge in [0.2, 0.25) is 0 Å². The summed E-state index contributed by atoms with van der Waals surface area (Å²) in [7, 11) is 0. The van der Waals surface area contributed by atoms with Crippen LogP contribution in [0.2, 0.25) is 5.02 Å². The third kappa shape index (κ3) is 3.74. The van der Waals surface area contributed by atoms with Gasteiger partial charge in [-0.2, -0.15) is 0 Å². The minimum atomic E-state index is 0.518. The van der Waals surface area contributed by atoms with Crippen LogP contribution in [0.25, 0.3) is 0 Å². The molecule has 0 unspecified atom stereocenters. The fourth-order valence-electron chi connectivity index (χ4n) is 1.63. The van der Waals surface area contributed by atoms with Crippen molar-refractivity contribution in [3.63, 3.8) is 0 Å². The molecule has 92 valence electrons. The Bertz CT molecular complexity index is 430. The molecule has 1 saturated carbocycles. The Morgan fingerprint density at radius 1 is 1.53 bits per heavy atom. The normalized spacial score (nSPS) is 16.7. The van der Waals surface area contributed by atoms with Gasteiger partial charge in [-0.25, -0.2) is 4.99 Å². The predicted molar refractivity (Wildman–Crippen MR) is 80.3 cm³/mol. The van der Waals surface area contributed by atoms with E-state index in [2.05, 4.69) is 32.9 Å². The Labute approximate surface area is 120 Å². The number of nitrogens with two attached hydrogens (primary N) is 1. The largest absolute Gasteiger partial charge is 0.370 e. The maximum absolute atomic E-state index is 6.12. The Morgan fingerprint density at radius 3 is 2.88 bits per heavy atom. The smallest absolute Gasteiger partial charge is 0.189 e. The molecule has 17 heavy (non-hydrogen) atoms. The van der Waals surface area contributed by atoms with Gasteiger partial charge in [-0.1, -0.05) is 17.7 Å². The van der Waals surface area contributed by atoms with Crippen LogP contribution in [-0.2, 0) is 6.54 Å². The van der Waals surface area contributed by atoms with Crippen molar-refractivity contribution in [2.75, 3.05) is 0 Å². The molecule has 0 amide bonds. The van der Waals surface area contributed by atoms with Crippen molar-refractivity contribution in [3.05, 3.63) is 32.4 Å². The summed E-state index contributed by atoms with van der Waals surface area (Å²) in [5.41, 5.74) is 6.81. The lowest BCUT2D eigenvalue weighted by molar-refractivity contribution is 0.382. The van der Waals surface area contributed by atoms with Gasteiger partial charge >= 0.3 is 0 Å². The molecule has 0 atom stereocenters. The van der Waals surface area contributed by atoms with Crippen LogP contribution in [0.3, 0.4) is 0 Å². The molecule has 1 aliphatic rings. The molecule has 1 aromatic carbocycles. The Hall–Kier alpha value is -0.490. The molecule has 0 radical (unpaired) electrons. The lowest BCUT2D eigenvalue weighted by atomic mass is 9.93. The van der Waals surface area contributed by atoms with Crippen molar-refractivity contribution in [1.29, 1.82) is 0 Å². The van der Waals surface area contributed by atoms with Crippen molar-refractivity contribution in [1.82, 2.24) is 5.32 Å². The Morgan fingerprint density at radius 2 is 2.29 bits per heavy atom. The molecule has 1 fully saturated rings. The summed E-state index contributed by atoms with van der Waals surface area (Å²) >= 11 is 8.36. The molecule has 0 saturated heterocycles. The highest BCUT2D eigenvalue weighted by Gasteiger charge is 2.17. The van der Waals surface area contributed by atoms with Gasteiger partial charge in [0.25, 0.3) is 0 Å². The lowest BCUT2D eigenvalue weighted by Crippen LogP contribution is -2.43. The van der Waals surface area contributed by atoms with E-state index in [0.717, 1.165) is 14.2 Å². The first kappa shape index (κ1) is 13.0. The summed E-state index contributed by atoms with van der Waals surface area (Å²) in [5, 5.41) is 3.95. The van der Waals surface area contributed by atoms with Gasteiger partial charge in [-0.3, -0.25) is 0 Å². The minimum absolute atomic E-state index is 0.518. The molecule has 0 heterocycles. The number of hydrogen-bond donors (Lipinski definition) is 2. The molecule has 1 aromatic rings. The Kier molecular flexibility index (Phi) is 4.50. The summed E-state index contributed by atoms with van der Waals surface area (Å²) in [6.07, 6.45) is 3.68. The zero-order valence-corrected chi connectivity index (χ0v) is 12.3. The summed E-state index contributed by atoms with van der Waals surface area (Å²) in [5.74, 6) is 0.518. The van der Waals surface area contributed by atoms with Gasteiger partial charge < -0.3 is 11.1 Å². The van der Waals surface area contributed by atoms with E-state index in [4.69, 9.17) is 17.3 Å². The van der Waals surface area contributed by atoms with E-state index in [9.17, 15) is 0 Å². The summed E-state index contributed by atoms with van der Waals surface area (Å²) < 4.78 is 1.13. The number of benzene rings is 1. The van der Waals surface area contributed by atoms with Crippen molar-refractivity contribution in [3.8, 4) is 0 Å². The first-order valence-electron chi connectivity index (χ1n) is 5.65. The van der Waals surface area contributed by atoms with E-state index in [1.807, 2.05) is 18.2 Å². The molecule has 5 heteroatoms. The van der Waals surface area contributed by atoms with Crippen molar-refractivity contribution in [2.45, 2.75) is 31.8 Å². The number of rotatable bonds is 3. The van der Waals surface area contributed by atoms with Gasteiger partial charge in [0, 0.05) is 14.6 Å². The molecule has 0 aliphatic heterocycles. The summed E-state index contributed by atoms with van der Waals surface area (Å²) in [6, 6.07) is 6.46. The van der Waals surface area contributed by atoms with Crippen molar-refractivity contribution < 1.29 is 0 Å². The minimum Gasteiger partial charge on any atom is -0.370 e. The molecule has 0 bridgehead atoms. The van der Waals surface area contributed by atoms with Gasteiger partial charge in [-0.15, -0.1) is 0 Å². The molecular formula is C12H15ClIN3. The topological polar surface area (TPSA) is 50.4 Å². The van der Waals surface area contributed by atoms with E-state index < -0.39 is 0 Å². The third-order valence-electron chi connectivity index (χ3n) is 2.89. The van der Waals surface area contributed by atoms with Crippen LogP contribution < -0.4 is 11.1 Å². The number of aliphatic imine (C=N–C) groups is 1.